The zero-order chi connectivity index (χ0) is 13.1. The van der Waals surface area contributed by atoms with E-state index >= 15 is 0 Å². The van der Waals surface area contributed by atoms with Gasteiger partial charge in [0.1, 0.15) is 5.56 Å². The summed E-state index contributed by atoms with van der Waals surface area (Å²) in [6.07, 6.45) is 1.63. The molecule has 0 aliphatic carbocycles. The van der Waals surface area contributed by atoms with Crippen LogP contribution in [0.5, 0.6) is 0 Å². The fourth-order valence-corrected chi connectivity index (χ4v) is 1.63. The van der Waals surface area contributed by atoms with Crippen molar-refractivity contribution in [3.8, 4) is 0 Å². The van der Waals surface area contributed by atoms with Gasteiger partial charge in [0, 0.05) is 23.5 Å². The summed E-state index contributed by atoms with van der Waals surface area (Å²) >= 11 is 5.77. The molecule has 0 saturated carbocycles. The second-order valence-electron chi connectivity index (χ2n) is 3.74. The lowest BCUT2D eigenvalue weighted by molar-refractivity contribution is 0.102. The number of hydrogen-bond donors (Lipinski definition) is 2. The Bertz CT molecular complexity index is 562. The van der Waals surface area contributed by atoms with Gasteiger partial charge in [-0.1, -0.05) is 11.6 Å². The number of carbonyl (C=O) groups excluding carboxylic acids is 1. The number of aromatic nitrogens is 2. The molecule has 6 heteroatoms. The standard InChI is InChI=1S/C12H13ClN4O/c1-2-17-7-10(11(14)16-17)12(18)15-9-5-3-8(13)4-6-9/h3-7H,2H2,1H3,(H2,14,16)(H,15,18). The third kappa shape index (κ3) is 2.62. The lowest BCUT2D eigenvalue weighted by atomic mass is 10.2. The normalized spacial score (nSPS) is 10.3. The van der Waals surface area contributed by atoms with Crippen molar-refractivity contribution in [3.63, 3.8) is 0 Å². The number of nitrogens with one attached hydrogen (secondary N) is 1. The van der Waals surface area contributed by atoms with Crippen molar-refractivity contribution in [1.29, 1.82) is 0 Å². The number of nitrogens with two attached hydrogens (primary N) is 1. The molecule has 1 amide bonds. The first-order valence-corrected chi connectivity index (χ1v) is 5.87. The zero-order valence-corrected chi connectivity index (χ0v) is 10.6. The third-order valence-electron chi connectivity index (χ3n) is 2.46. The minimum Gasteiger partial charge on any atom is -0.382 e. The molecule has 0 spiro atoms. The van der Waals surface area contributed by atoms with Crippen LogP contribution in [0.4, 0.5) is 11.5 Å². The van der Waals surface area contributed by atoms with Gasteiger partial charge >= 0.3 is 0 Å². The molecular weight excluding hydrogens is 252 g/mol. The summed E-state index contributed by atoms with van der Waals surface area (Å²) in [5, 5.41) is 7.37. The summed E-state index contributed by atoms with van der Waals surface area (Å²) in [5.41, 5.74) is 6.71. The molecule has 1 heterocycles. The van der Waals surface area contributed by atoms with Crippen molar-refractivity contribution in [2.75, 3.05) is 11.1 Å². The van der Waals surface area contributed by atoms with Crippen LogP contribution in [0, 0.1) is 0 Å². The van der Waals surface area contributed by atoms with Crippen LogP contribution >= 0.6 is 11.6 Å². The van der Waals surface area contributed by atoms with Crippen LogP contribution in [0.15, 0.2) is 30.5 Å². The Morgan fingerprint density at radius 2 is 2.11 bits per heavy atom. The van der Waals surface area contributed by atoms with Gasteiger partial charge in [-0.25, -0.2) is 0 Å². The van der Waals surface area contributed by atoms with Crippen LogP contribution in [0.2, 0.25) is 5.02 Å². The first-order valence-electron chi connectivity index (χ1n) is 5.50. The lowest BCUT2D eigenvalue weighted by Crippen LogP contribution is -2.12. The Balaban J connectivity index is 2.16. The van der Waals surface area contributed by atoms with Gasteiger partial charge in [0.05, 0.1) is 0 Å². The van der Waals surface area contributed by atoms with Crippen molar-refractivity contribution >= 4 is 29.0 Å². The number of amides is 1. The molecule has 2 aromatic rings. The summed E-state index contributed by atoms with van der Waals surface area (Å²) < 4.78 is 1.62. The van der Waals surface area contributed by atoms with E-state index in [9.17, 15) is 4.79 Å². The Kier molecular flexibility index (Phi) is 3.53. The van der Waals surface area contributed by atoms with E-state index in [4.69, 9.17) is 17.3 Å². The molecular formula is C12H13ClN4O. The van der Waals surface area contributed by atoms with Gasteiger partial charge in [0.2, 0.25) is 0 Å². The number of rotatable bonds is 3. The molecule has 94 valence electrons. The van der Waals surface area contributed by atoms with Gasteiger partial charge in [-0.05, 0) is 31.2 Å². The summed E-state index contributed by atoms with van der Waals surface area (Å²) in [7, 11) is 0. The first-order chi connectivity index (χ1) is 8.60. The Hall–Kier alpha value is -2.01. The number of nitrogen functional groups attached to an aromatic ring is 1. The quantitative estimate of drug-likeness (QED) is 0.894. The highest BCUT2D eigenvalue weighted by Crippen LogP contribution is 2.16. The second kappa shape index (κ2) is 5.10. The molecule has 5 nitrogen and oxygen atoms in total. The number of carbonyl (C=O) groups is 1. The van der Waals surface area contributed by atoms with Crippen molar-refractivity contribution in [2.45, 2.75) is 13.5 Å². The van der Waals surface area contributed by atoms with E-state index in [2.05, 4.69) is 10.4 Å². The van der Waals surface area contributed by atoms with Crippen molar-refractivity contribution < 1.29 is 4.79 Å². The van der Waals surface area contributed by atoms with Gasteiger partial charge in [-0.3, -0.25) is 9.48 Å². The highest BCUT2D eigenvalue weighted by Gasteiger charge is 2.13. The van der Waals surface area contributed by atoms with Crippen LogP contribution in [-0.2, 0) is 6.54 Å². The van der Waals surface area contributed by atoms with Gasteiger partial charge in [0.25, 0.3) is 5.91 Å². The Morgan fingerprint density at radius 1 is 1.44 bits per heavy atom. The number of benzene rings is 1. The predicted octanol–water partition coefficient (Wildman–Crippen LogP) is 2.39. The molecule has 0 unspecified atom stereocenters. The van der Waals surface area contributed by atoms with Crippen molar-refractivity contribution in [2.24, 2.45) is 0 Å². The second-order valence-corrected chi connectivity index (χ2v) is 4.18. The minimum atomic E-state index is -0.283. The largest absolute Gasteiger partial charge is 0.382 e. The summed E-state index contributed by atoms with van der Waals surface area (Å²) in [4.78, 5) is 12.0. The number of aryl methyl sites for hydroxylation is 1. The number of hydrogen-bond acceptors (Lipinski definition) is 3. The Morgan fingerprint density at radius 3 is 2.67 bits per heavy atom. The molecule has 3 N–H and O–H groups in total. The molecule has 0 aliphatic heterocycles. The van der Waals surface area contributed by atoms with E-state index in [0.717, 1.165) is 0 Å². The van der Waals surface area contributed by atoms with Gasteiger partial charge in [-0.2, -0.15) is 5.10 Å². The number of anilines is 2. The summed E-state index contributed by atoms with van der Waals surface area (Å²) in [6, 6.07) is 6.85. The van der Waals surface area contributed by atoms with Crippen molar-refractivity contribution in [3.05, 3.63) is 41.0 Å². The molecule has 1 aromatic heterocycles. The maximum atomic E-state index is 12.0. The minimum absolute atomic E-state index is 0.225. The average molecular weight is 265 g/mol. The van der Waals surface area contributed by atoms with E-state index in [0.29, 0.717) is 22.8 Å². The van der Waals surface area contributed by atoms with Crippen LogP contribution in [0.1, 0.15) is 17.3 Å². The highest BCUT2D eigenvalue weighted by molar-refractivity contribution is 6.30. The third-order valence-corrected chi connectivity index (χ3v) is 2.71. The molecule has 18 heavy (non-hydrogen) atoms. The number of nitrogens with zero attached hydrogens (tertiary/aromatic N) is 2. The van der Waals surface area contributed by atoms with Gasteiger partial charge < -0.3 is 11.1 Å². The van der Waals surface area contributed by atoms with Crippen LogP contribution in [0.3, 0.4) is 0 Å². The fraction of sp³-hybridized carbons (Fsp3) is 0.167. The van der Waals surface area contributed by atoms with Crippen LogP contribution < -0.4 is 11.1 Å². The van der Waals surface area contributed by atoms with E-state index in [1.165, 1.54) is 0 Å². The molecule has 0 bridgehead atoms. The molecule has 0 radical (unpaired) electrons. The highest BCUT2D eigenvalue weighted by atomic mass is 35.5. The topological polar surface area (TPSA) is 72.9 Å². The molecule has 0 saturated heterocycles. The molecule has 2 rings (SSSR count). The van der Waals surface area contributed by atoms with E-state index in [1.807, 2.05) is 6.92 Å². The molecule has 0 fully saturated rings. The fourth-order valence-electron chi connectivity index (χ4n) is 1.50. The predicted molar refractivity (Wildman–Crippen MR) is 71.7 cm³/mol. The van der Waals surface area contributed by atoms with Crippen LogP contribution in [0.25, 0.3) is 0 Å². The van der Waals surface area contributed by atoms with Crippen LogP contribution in [-0.4, -0.2) is 15.7 Å². The van der Waals surface area contributed by atoms with E-state index < -0.39 is 0 Å². The van der Waals surface area contributed by atoms with E-state index in [-0.39, 0.29) is 11.7 Å². The molecule has 0 aliphatic rings. The summed E-state index contributed by atoms with van der Waals surface area (Å²) in [6.45, 7) is 2.59. The zero-order valence-electron chi connectivity index (χ0n) is 9.85. The Labute approximate surface area is 110 Å². The number of halogens is 1. The van der Waals surface area contributed by atoms with Crippen molar-refractivity contribution in [1.82, 2.24) is 9.78 Å². The maximum Gasteiger partial charge on any atom is 0.261 e. The maximum absolute atomic E-state index is 12.0. The SMILES string of the molecule is CCn1cc(C(=O)Nc2ccc(Cl)cc2)c(N)n1. The lowest BCUT2D eigenvalue weighted by Gasteiger charge is -2.03. The van der Waals surface area contributed by atoms with E-state index in [1.54, 1.807) is 35.1 Å². The average Bonchev–Trinajstić information content (AvgIpc) is 2.73. The molecule has 0 atom stereocenters. The monoisotopic (exact) mass is 264 g/mol. The first kappa shape index (κ1) is 12.4. The molecule has 1 aromatic carbocycles. The van der Waals surface area contributed by atoms with Gasteiger partial charge in [0.15, 0.2) is 5.82 Å². The van der Waals surface area contributed by atoms with Gasteiger partial charge in [-0.15, -0.1) is 0 Å². The smallest absolute Gasteiger partial charge is 0.261 e. The summed E-state index contributed by atoms with van der Waals surface area (Å²) in [5.74, 6) is -0.0576.